The standard InChI is InChI=1S/C70H128N4O8/c1-12-14-16-18-20-22-24-26-28-30-32-34-36-38-40-48-58-78-63-51-50-62(60-64(63)79-59-49-41-39-37-35-33-31-29-27-25-23-21-19-17-15-13-2)61-71-52-42-44-54-73(66(76)81-69(6,7)8)56-46-47-57-74(67(77)82-70(9,10)11)55-45-43-53-72-65(75)80-68(3,4)5/h26-29,50-51,60,71H,12-25,30-49,52-59,61H2,1-11H3,(H,72,75)/b28-26+,29-27+. The Bertz CT molecular complexity index is 1760. The Labute approximate surface area is 504 Å². The largest absolute Gasteiger partial charge is 0.490 e. The molecule has 0 radical (unpaired) electrons. The topological polar surface area (TPSA) is 128 Å². The van der Waals surface area contributed by atoms with Crippen molar-refractivity contribution in [3.8, 4) is 11.5 Å². The molecule has 0 fully saturated rings. The maximum absolute atomic E-state index is 13.4. The highest BCUT2D eigenvalue weighted by Crippen LogP contribution is 2.30. The van der Waals surface area contributed by atoms with E-state index >= 15 is 0 Å². The van der Waals surface area contributed by atoms with Crippen LogP contribution in [0, 0.1) is 0 Å². The molecule has 1 aromatic rings. The summed E-state index contributed by atoms with van der Waals surface area (Å²) in [5.74, 6) is 1.68. The zero-order valence-electron chi connectivity index (χ0n) is 55.1. The lowest BCUT2D eigenvalue weighted by molar-refractivity contribution is 0.0206. The number of unbranched alkanes of at least 4 members (excludes halogenated alkanes) is 27. The highest BCUT2D eigenvalue weighted by Gasteiger charge is 2.24. The number of amides is 3. The Balaban J connectivity index is 2.71. The summed E-state index contributed by atoms with van der Waals surface area (Å²) in [7, 11) is 0. The van der Waals surface area contributed by atoms with Crippen LogP contribution in [0.1, 0.15) is 300 Å². The normalized spacial score (nSPS) is 12.1. The number of ether oxygens (including phenoxy) is 5. The lowest BCUT2D eigenvalue weighted by atomic mass is 10.1. The first kappa shape index (κ1) is 76.1. The van der Waals surface area contributed by atoms with Crippen LogP contribution in [0.5, 0.6) is 11.5 Å². The molecule has 12 nitrogen and oxygen atoms in total. The summed E-state index contributed by atoms with van der Waals surface area (Å²) in [6, 6.07) is 6.40. The van der Waals surface area contributed by atoms with Gasteiger partial charge in [-0.25, -0.2) is 14.4 Å². The van der Waals surface area contributed by atoms with Crippen LogP contribution in [-0.2, 0) is 20.8 Å². The minimum absolute atomic E-state index is 0.318. The lowest BCUT2D eigenvalue weighted by Crippen LogP contribution is -2.40. The van der Waals surface area contributed by atoms with Gasteiger partial charge in [0.25, 0.3) is 0 Å². The summed E-state index contributed by atoms with van der Waals surface area (Å²) in [6.45, 7) is 26.8. The zero-order chi connectivity index (χ0) is 60.4. The number of carbonyl (C=O) groups excluding carboxylic acids is 3. The molecule has 2 N–H and O–H groups in total. The van der Waals surface area contributed by atoms with Crippen molar-refractivity contribution in [3.63, 3.8) is 0 Å². The third-order valence-electron chi connectivity index (χ3n) is 14.1. The minimum Gasteiger partial charge on any atom is -0.490 e. The van der Waals surface area contributed by atoms with Crippen LogP contribution in [0.3, 0.4) is 0 Å². The van der Waals surface area contributed by atoms with Crippen LogP contribution in [0.25, 0.3) is 0 Å². The second-order valence-electron chi connectivity index (χ2n) is 26.0. The fraction of sp³-hybridized carbons (Fsp3) is 0.814. The molecule has 0 atom stereocenters. The molecular formula is C70H128N4O8. The predicted octanol–water partition coefficient (Wildman–Crippen LogP) is 19.9. The van der Waals surface area contributed by atoms with E-state index in [0.29, 0.717) is 78.2 Å². The smallest absolute Gasteiger partial charge is 0.410 e. The molecule has 0 bridgehead atoms. The minimum atomic E-state index is -0.625. The number of nitrogens with zero attached hydrogens (tertiary/aromatic N) is 2. The van der Waals surface area contributed by atoms with Crippen LogP contribution in [-0.4, -0.2) is 97.4 Å². The summed E-state index contributed by atoms with van der Waals surface area (Å²) in [6.07, 6.45) is 49.0. The summed E-state index contributed by atoms with van der Waals surface area (Å²) < 4.78 is 29.8. The van der Waals surface area contributed by atoms with Gasteiger partial charge in [-0.15, -0.1) is 0 Å². The Kier molecular flexibility index (Phi) is 45.8. The zero-order valence-corrected chi connectivity index (χ0v) is 55.1. The molecule has 0 aliphatic rings. The molecule has 0 unspecified atom stereocenters. The Morgan fingerprint density at radius 2 is 0.768 bits per heavy atom. The summed E-state index contributed by atoms with van der Waals surface area (Å²) in [4.78, 5) is 42.3. The molecule has 82 heavy (non-hydrogen) atoms. The van der Waals surface area contributed by atoms with Crippen molar-refractivity contribution < 1.29 is 38.1 Å². The summed E-state index contributed by atoms with van der Waals surface area (Å²) in [5.41, 5.74) is -0.638. The molecule has 1 aromatic carbocycles. The number of hydrogen-bond acceptors (Lipinski definition) is 9. The van der Waals surface area contributed by atoms with Crippen molar-refractivity contribution in [2.45, 2.75) is 318 Å². The number of allylic oxidation sites excluding steroid dienone is 4. The first-order valence-electron chi connectivity index (χ1n) is 33.7. The van der Waals surface area contributed by atoms with Gasteiger partial charge < -0.3 is 44.1 Å². The van der Waals surface area contributed by atoms with Crippen molar-refractivity contribution in [1.29, 1.82) is 0 Å². The molecule has 0 spiro atoms. The second-order valence-corrected chi connectivity index (χ2v) is 26.0. The molecule has 0 aromatic heterocycles. The van der Waals surface area contributed by atoms with Gasteiger partial charge in [0.1, 0.15) is 16.8 Å². The highest BCUT2D eigenvalue weighted by molar-refractivity contribution is 5.69. The second kappa shape index (κ2) is 49.3. The molecule has 0 saturated carbocycles. The monoisotopic (exact) mass is 1150 g/mol. The average Bonchev–Trinajstić information content (AvgIpc) is 3.44. The molecular weight excluding hydrogens is 1020 g/mol. The van der Waals surface area contributed by atoms with Gasteiger partial charge in [-0.2, -0.15) is 0 Å². The predicted molar refractivity (Wildman–Crippen MR) is 346 cm³/mol. The van der Waals surface area contributed by atoms with Crippen molar-refractivity contribution in [3.05, 3.63) is 48.1 Å². The van der Waals surface area contributed by atoms with Crippen LogP contribution in [0.2, 0.25) is 0 Å². The molecule has 1 rings (SSSR count). The van der Waals surface area contributed by atoms with Gasteiger partial charge in [0.2, 0.25) is 0 Å². The molecule has 0 aliphatic carbocycles. The van der Waals surface area contributed by atoms with E-state index in [2.05, 4.69) is 67.0 Å². The van der Waals surface area contributed by atoms with Gasteiger partial charge in [-0.1, -0.05) is 160 Å². The number of hydrogen-bond donors (Lipinski definition) is 2. The molecule has 0 aliphatic heterocycles. The Morgan fingerprint density at radius 1 is 0.415 bits per heavy atom. The molecule has 0 heterocycles. The summed E-state index contributed by atoms with van der Waals surface area (Å²) in [5, 5.41) is 6.43. The van der Waals surface area contributed by atoms with Gasteiger partial charge in [-0.3, -0.25) is 0 Å². The molecule has 12 heteroatoms. The number of alkyl carbamates (subject to hydrolysis) is 1. The molecule has 476 valence electrons. The van der Waals surface area contributed by atoms with E-state index in [1.54, 1.807) is 4.90 Å². The first-order chi connectivity index (χ1) is 39.3. The summed E-state index contributed by atoms with van der Waals surface area (Å²) >= 11 is 0. The first-order valence-corrected chi connectivity index (χ1v) is 33.7. The fourth-order valence-corrected chi connectivity index (χ4v) is 9.52. The lowest BCUT2D eigenvalue weighted by Gasteiger charge is -2.29. The third kappa shape index (κ3) is 48.4. The van der Waals surface area contributed by atoms with Crippen molar-refractivity contribution in [2.24, 2.45) is 0 Å². The number of benzene rings is 1. The van der Waals surface area contributed by atoms with E-state index < -0.39 is 22.9 Å². The number of carbonyl (C=O) groups is 3. The van der Waals surface area contributed by atoms with E-state index in [4.69, 9.17) is 23.7 Å². The van der Waals surface area contributed by atoms with E-state index in [-0.39, 0.29) is 12.2 Å². The van der Waals surface area contributed by atoms with E-state index in [1.165, 1.54) is 167 Å². The number of nitrogens with one attached hydrogen (secondary N) is 2. The highest BCUT2D eigenvalue weighted by atomic mass is 16.6. The Hall–Kier alpha value is -3.93. The molecule has 0 saturated heterocycles. The van der Waals surface area contributed by atoms with Crippen molar-refractivity contribution >= 4 is 18.3 Å². The Morgan fingerprint density at radius 3 is 1.17 bits per heavy atom. The van der Waals surface area contributed by atoms with Gasteiger partial charge in [0, 0.05) is 39.3 Å². The van der Waals surface area contributed by atoms with E-state index in [1.807, 2.05) is 67.2 Å². The maximum atomic E-state index is 13.4. The number of rotatable bonds is 51. The van der Waals surface area contributed by atoms with Crippen LogP contribution in [0.4, 0.5) is 14.4 Å². The molecule has 3 amide bonds. The van der Waals surface area contributed by atoms with E-state index in [0.717, 1.165) is 49.3 Å². The van der Waals surface area contributed by atoms with E-state index in [9.17, 15) is 14.4 Å². The van der Waals surface area contributed by atoms with Gasteiger partial charge in [-0.05, 0) is 189 Å². The van der Waals surface area contributed by atoms with Crippen molar-refractivity contribution in [2.75, 3.05) is 52.5 Å². The quantitative estimate of drug-likeness (QED) is 0.0372. The van der Waals surface area contributed by atoms with Gasteiger partial charge >= 0.3 is 18.3 Å². The van der Waals surface area contributed by atoms with Gasteiger partial charge in [0.15, 0.2) is 11.5 Å². The average molecular weight is 1150 g/mol. The third-order valence-corrected chi connectivity index (χ3v) is 14.1. The van der Waals surface area contributed by atoms with Crippen LogP contribution < -0.4 is 20.1 Å². The maximum Gasteiger partial charge on any atom is 0.410 e. The van der Waals surface area contributed by atoms with Crippen LogP contribution in [0.15, 0.2) is 42.5 Å². The van der Waals surface area contributed by atoms with Gasteiger partial charge in [0.05, 0.1) is 13.2 Å². The van der Waals surface area contributed by atoms with Crippen LogP contribution >= 0.6 is 0 Å². The van der Waals surface area contributed by atoms with Crippen molar-refractivity contribution in [1.82, 2.24) is 20.4 Å². The fourth-order valence-electron chi connectivity index (χ4n) is 9.52. The SMILES string of the molecule is CCCCCCCC/C=C/CCCCCCCCOc1ccc(CNCCCCN(CCCCN(CCCCNC(=O)OC(C)(C)C)C(=O)OC(C)(C)C)C(=O)OC(C)(C)C)cc1OCCCCCCCC/C=C/CCCCCCCC.